The molecular formula is C23H30N2. The first-order valence-corrected chi connectivity index (χ1v) is 9.56. The second kappa shape index (κ2) is 5.79. The van der Waals surface area contributed by atoms with E-state index in [1.54, 1.807) is 0 Å². The molecule has 2 aromatic rings. The molecule has 1 unspecified atom stereocenters. The molecule has 0 spiro atoms. The topological polar surface area (TPSA) is 6.48 Å². The van der Waals surface area contributed by atoms with Crippen molar-refractivity contribution in [1.29, 1.82) is 0 Å². The van der Waals surface area contributed by atoms with Gasteiger partial charge in [0.25, 0.3) is 0 Å². The molecule has 1 saturated heterocycles. The maximum absolute atomic E-state index is 2.68. The van der Waals surface area contributed by atoms with Crippen molar-refractivity contribution < 1.29 is 0 Å². The predicted molar refractivity (Wildman–Crippen MR) is 108 cm³/mol. The van der Waals surface area contributed by atoms with Gasteiger partial charge >= 0.3 is 0 Å². The third-order valence-corrected chi connectivity index (χ3v) is 5.95. The van der Waals surface area contributed by atoms with E-state index in [4.69, 9.17) is 0 Å². The van der Waals surface area contributed by atoms with Crippen LogP contribution in [0.3, 0.4) is 0 Å². The van der Waals surface area contributed by atoms with Gasteiger partial charge in [-0.2, -0.15) is 0 Å². The molecule has 0 aromatic heterocycles. The second-order valence-corrected chi connectivity index (χ2v) is 8.25. The van der Waals surface area contributed by atoms with Gasteiger partial charge in [0.05, 0.1) is 12.1 Å². The van der Waals surface area contributed by atoms with Crippen molar-refractivity contribution in [3.05, 3.63) is 57.6 Å². The molecule has 132 valence electrons. The lowest BCUT2D eigenvalue weighted by atomic mass is 10.0. The smallest absolute Gasteiger partial charge is 0.0515 e. The number of hydrogen-bond donors (Lipinski definition) is 0. The number of aryl methyl sites for hydroxylation is 6. The van der Waals surface area contributed by atoms with Crippen LogP contribution in [-0.2, 0) is 0 Å². The highest BCUT2D eigenvalue weighted by atomic mass is 15.4. The van der Waals surface area contributed by atoms with Gasteiger partial charge < -0.3 is 9.80 Å². The zero-order valence-corrected chi connectivity index (χ0v) is 16.5. The minimum absolute atomic E-state index is 0.675. The normalized spacial score (nSPS) is 22.2. The van der Waals surface area contributed by atoms with Crippen LogP contribution in [0.1, 0.15) is 39.8 Å². The summed E-state index contributed by atoms with van der Waals surface area (Å²) in [5.74, 6) is 0. The molecule has 2 fully saturated rings. The largest absolute Gasteiger partial charge is 0.364 e. The van der Waals surface area contributed by atoms with E-state index in [2.05, 4.69) is 75.6 Å². The summed E-state index contributed by atoms with van der Waals surface area (Å²) in [5, 5.41) is 0. The first kappa shape index (κ1) is 16.5. The molecule has 2 aromatic carbocycles. The lowest BCUT2D eigenvalue weighted by Gasteiger charge is -2.39. The fourth-order valence-corrected chi connectivity index (χ4v) is 5.19. The van der Waals surface area contributed by atoms with Crippen LogP contribution in [0, 0.1) is 41.5 Å². The molecule has 1 heterocycles. The first-order valence-electron chi connectivity index (χ1n) is 9.56. The summed E-state index contributed by atoms with van der Waals surface area (Å²) >= 11 is 0. The summed E-state index contributed by atoms with van der Waals surface area (Å²) in [6.45, 7) is 15.7. The van der Waals surface area contributed by atoms with Crippen molar-refractivity contribution in [3.8, 4) is 0 Å². The Bertz CT molecular complexity index is 720. The Hall–Kier alpha value is -1.96. The molecule has 4 rings (SSSR count). The summed E-state index contributed by atoms with van der Waals surface area (Å²) < 4.78 is 0. The molecule has 1 saturated carbocycles. The quantitative estimate of drug-likeness (QED) is 0.762. The summed E-state index contributed by atoms with van der Waals surface area (Å²) in [4.78, 5) is 5.37. The Kier molecular flexibility index (Phi) is 3.82. The van der Waals surface area contributed by atoms with E-state index in [1.165, 1.54) is 51.2 Å². The summed E-state index contributed by atoms with van der Waals surface area (Å²) in [7, 11) is 0. The molecule has 2 atom stereocenters. The molecule has 25 heavy (non-hydrogen) atoms. The van der Waals surface area contributed by atoms with E-state index in [0.29, 0.717) is 12.1 Å². The predicted octanol–water partition coefficient (Wildman–Crippen LogP) is 5.00. The Morgan fingerprint density at radius 1 is 0.600 bits per heavy atom. The molecule has 2 nitrogen and oxygen atoms in total. The van der Waals surface area contributed by atoms with Gasteiger partial charge in [-0.25, -0.2) is 0 Å². The minimum Gasteiger partial charge on any atom is -0.364 e. The standard InChI is InChI=1S/C23H30N2/c1-14-9-16(3)22(17(4)10-14)24-7-8-25(21-13-20(21)24)23-18(5)11-15(2)12-19(23)6/h9-12,20-21H,7-8,13H2,1-6H3/t20-,21?/m0/s1. The van der Waals surface area contributed by atoms with Gasteiger partial charge in [-0.1, -0.05) is 35.4 Å². The number of rotatable bonds is 2. The van der Waals surface area contributed by atoms with E-state index in [1.807, 2.05) is 0 Å². The lowest BCUT2D eigenvalue weighted by Crippen LogP contribution is -2.47. The van der Waals surface area contributed by atoms with Crippen LogP contribution in [0.25, 0.3) is 0 Å². The van der Waals surface area contributed by atoms with Crippen molar-refractivity contribution in [1.82, 2.24) is 0 Å². The van der Waals surface area contributed by atoms with Gasteiger partial charge in [-0.15, -0.1) is 0 Å². The molecule has 1 aliphatic heterocycles. The fourth-order valence-electron chi connectivity index (χ4n) is 5.19. The third-order valence-electron chi connectivity index (χ3n) is 5.95. The van der Waals surface area contributed by atoms with Crippen LogP contribution >= 0.6 is 0 Å². The zero-order chi connectivity index (χ0) is 17.9. The van der Waals surface area contributed by atoms with Gasteiger partial charge in [0, 0.05) is 24.5 Å². The number of fused-ring (bicyclic) bond motifs is 1. The van der Waals surface area contributed by atoms with Gasteiger partial charge in [0.1, 0.15) is 0 Å². The fraction of sp³-hybridized carbons (Fsp3) is 0.478. The first-order chi connectivity index (χ1) is 11.9. The molecule has 2 aliphatic rings. The molecule has 0 bridgehead atoms. The summed E-state index contributed by atoms with van der Waals surface area (Å²) in [5.41, 5.74) is 11.4. The number of anilines is 2. The number of nitrogens with zero attached hydrogens (tertiary/aromatic N) is 2. The molecule has 2 heteroatoms. The number of benzene rings is 2. The van der Waals surface area contributed by atoms with Crippen molar-refractivity contribution in [2.45, 2.75) is 60.0 Å². The highest BCUT2D eigenvalue weighted by molar-refractivity contribution is 5.67. The van der Waals surface area contributed by atoms with Gasteiger partial charge in [0.15, 0.2) is 0 Å². The van der Waals surface area contributed by atoms with Gasteiger partial charge in [-0.05, 0) is 70.2 Å². The Morgan fingerprint density at radius 3 is 1.24 bits per heavy atom. The SMILES string of the molecule is Cc1cc(C)c(N2CCN(c3c(C)cc(C)cc3C)[C@H]3CC32)c(C)c1. The molecule has 1 aliphatic carbocycles. The van der Waals surface area contributed by atoms with Crippen LogP contribution in [0.4, 0.5) is 11.4 Å². The average molecular weight is 335 g/mol. The highest BCUT2D eigenvalue weighted by Crippen LogP contribution is 2.45. The van der Waals surface area contributed by atoms with E-state index in [0.717, 1.165) is 13.1 Å². The van der Waals surface area contributed by atoms with E-state index in [9.17, 15) is 0 Å². The van der Waals surface area contributed by atoms with Gasteiger partial charge in [0.2, 0.25) is 0 Å². The van der Waals surface area contributed by atoms with Crippen LogP contribution in [0.2, 0.25) is 0 Å². The highest BCUT2D eigenvalue weighted by Gasteiger charge is 2.50. The van der Waals surface area contributed by atoms with Crippen LogP contribution in [0.15, 0.2) is 24.3 Å². The third kappa shape index (κ3) is 2.72. The number of hydrogen-bond acceptors (Lipinski definition) is 2. The monoisotopic (exact) mass is 334 g/mol. The Morgan fingerprint density at radius 2 is 0.920 bits per heavy atom. The van der Waals surface area contributed by atoms with Crippen LogP contribution in [0.5, 0.6) is 0 Å². The molecular weight excluding hydrogens is 304 g/mol. The van der Waals surface area contributed by atoms with E-state index >= 15 is 0 Å². The summed E-state index contributed by atoms with van der Waals surface area (Å²) in [6.07, 6.45) is 1.29. The zero-order valence-electron chi connectivity index (χ0n) is 16.5. The summed E-state index contributed by atoms with van der Waals surface area (Å²) in [6, 6.07) is 10.7. The van der Waals surface area contributed by atoms with Crippen LogP contribution in [-0.4, -0.2) is 25.2 Å². The molecule has 0 radical (unpaired) electrons. The molecule has 0 amide bonds. The van der Waals surface area contributed by atoms with Crippen LogP contribution < -0.4 is 9.80 Å². The van der Waals surface area contributed by atoms with Crippen molar-refractivity contribution >= 4 is 11.4 Å². The maximum Gasteiger partial charge on any atom is 0.0515 e. The van der Waals surface area contributed by atoms with Crippen molar-refractivity contribution in [2.75, 3.05) is 22.9 Å². The maximum atomic E-state index is 2.68. The van der Waals surface area contributed by atoms with Crippen molar-refractivity contribution in [2.24, 2.45) is 0 Å². The Labute approximate surface area is 152 Å². The van der Waals surface area contributed by atoms with E-state index < -0.39 is 0 Å². The Balaban J connectivity index is 1.63. The number of piperazine rings is 1. The molecule has 0 N–H and O–H groups in total. The van der Waals surface area contributed by atoms with E-state index in [-0.39, 0.29) is 0 Å². The minimum atomic E-state index is 0.675. The van der Waals surface area contributed by atoms with Crippen molar-refractivity contribution in [3.63, 3.8) is 0 Å². The lowest BCUT2D eigenvalue weighted by molar-refractivity contribution is 0.642. The second-order valence-electron chi connectivity index (χ2n) is 8.25. The van der Waals surface area contributed by atoms with Gasteiger partial charge in [-0.3, -0.25) is 0 Å². The average Bonchev–Trinajstić information content (AvgIpc) is 3.27.